The molecule has 3 aromatic carbocycles. The van der Waals surface area contributed by atoms with Gasteiger partial charge in [0.25, 0.3) is 0 Å². The molecule has 3 nitrogen and oxygen atoms in total. The number of rotatable bonds is 1. The third kappa shape index (κ3) is 4.04. The van der Waals surface area contributed by atoms with E-state index in [0.29, 0.717) is 0 Å². The molecule has 1 aliphatic rings. The molecule has 0 radical (unpaired) electrons. The zero-order valence-electron chi connectivity index (χ0n) is 13.9. The van der Waals surface area contributed by atoms with Gasteiger partial charge in [0.05, 0.1) is 0 Å². The van der Waals surface area contributed by atoms with E-state index in [-0.39, 0.29) is 0 Å². The third-order valence-corrected chi connectivity index (χ3v) is 4.81. The minimum absolute atomic E-state index is 1.05. The first kappa shape index (κ1) is 19.1. The van der Waals surface area contributed by atoms with Crippen LogP contribution in [0.15, 0.2) is 72.8 Å². The van der Waals surface area contributed by atoms with Crippen LogP contribution in [0.1, 0.15) is 11.1 Å². The van der Waals surface area contributed by atoms with Gasteiger partial charge in [0, 0.05) is 0 Å². The van der Waals surface area contributed by atoms with Crippen LogP contribution in [0.25, 0.3) is 22.3 Å². The van der Waals surface area contributed by atoms with E-state index in [4.69, 9.17) is 13.0 Å². The van der Waals surface area contributed by atoms with Gasteiger partial charge >= 0.3 is 15.6 Å². The van der Waals surface area contributed by atoms with Crippen LogP contribution in [0, 0.1) is 0 Å². The van der Waals surface area contributed by atoms with E-state index >= 15 is 0 Å². The first-order chi connectivity index (χ1) is 12.7. The molecule has 3 aromatic rings. The summed E-state index contributed by atoms with van der Waals surface area (Å²) in [6.45, 7) is 0. The van der Waals surface area contributed by atoms with Crippen molar-refractivity contribution in [1.29, 1.82) is 0 Å². The van der Waals surface area contributed by atoms with E-state index in [1.165, 1.54) is 33.4 Å². The summed E-state index contributed by atoms with van der Waals surface area (Å²) in [5.41, 5.74) is 2.86. The van der Waals surface area contributed by atoms with E-state index in [1.54, 1.807) is 0 Å². The number of benzene rings is 3. The predicted molar refractivity (Wildman–Crippen MR) is 97.7 cm³/mol. The minimum Gasteiger partial charge on any atom is -0.279 e. The minimum atomic E-state index is -5.84. The Morgan fingerprint density at radius 3 is 1.89 bits per heavy atom. The van der Waals surface area contributed by atoms with Crippen LogP contribution in [0.4, 0.5) is 13.2 Å². The second kappa shape index (κ2) is 7.17. The first-order valence-corrected chi connectivity index (χ1v) is 9.42. The van der Waals surface area contributed by atoms with Gasteiger partial charge in [-0.3, -0.25) is 4.55 Å². The molecule has 0 aliphatic heterocycles. The van der Waals surface area contributed by atoms with Crippen LogP contribution in [0.2, 0.25) is 0 Å². The molecule has 7 heteroatoms. The van der Waals surface area contributed by atoms with Gasteiger partial charge in [-0.2, -0.15) is 21.6 Å². The predicted octanol–water partition coefficient (Wildman–Crippen LogP) is 5.32. The van der Waals surface area contributed by atoms with Crippen molar-refractivity contribution in [2.24, 2.45) is 0 Å². The summed E-state index contributed by atoms with van der Waals surface area (Å²) in [4.78, 5) is 0. The molecule has 0 aromatic heterocycles. The van der Waals surface area contributed by atoms with E-state index < -0.39 is 15.6 Å². The van der Waals surface area contributed by atoms with E-state index in [1.807, 2.05) is 0 Å². The fourth-order valence-corrected chi connectivity index (χ4v) is 3.05. The van der Waals surface area contributed by atoms with E-state index in [9.17, 15) is 13.2 Å². The molecule has 0 spiro atoms. The molecule has 0 saturated heterocycles. The molecule has 1 N–H and O–H groups in total. The normalized spacial score (nSPS) is 12.6. The number of hydrogen-bond donors (Lipinski definition) is 1. The van der Waals surface area contributed by atoms with E-state index in [0.717, 1.165) is 6.42 Å². The molecule has 0 saturated carbocycles. The summed E-state index contributed by atoms with van der Waals surface area (Å²) < 4.78 is 57.5. The summed E-state index contributed by atoms with van der Waals surface area (Å²) in [5, 5.41) is 0. The molecular weight excluding hydrogens is 377 g/mol. The van der Waals surface area contributed by atoms with Crippen LogP contribution >= 0.6 is 0 Å². The van der Waals surface area contributed by atoms with E-state index in [2.05, 4.69) is 72.8 Å². The van der Waals surface area contributed by atoms with Gasteiger partial charge in [-0.1, -0.05) is 72.8 Å². The highest BCUT2D eigenvalue weighted by Crippen LogP contribution is 2.41. The average Bonchev–Trinajstić information content (AvgIpc) is 3.00. The Morgan fingerprint density at radius 1 is 0.741 bits per heavy atom. The SMILES string of the molecule is O=S(=O)(O)C(F)(F)F.c1ccc(-c2cccc3c2Cc2ccccc2-3)cc1. The lowest BCUT2D eigenvalue weighted by molar-refractivity contribution is -0.0510. The van der Waals surface area contributed by atoms with Crippen molar-refractivity contribution >= 4 is 10.1 Å². The quantitative estimate of drug-likeness (QED) is 0.352. The van der Waals surface area contributed by atoms with Gasteiger partial charge in [-0.15, -0.1) is 0 Å². The second-order valence-corrected chi connectivity index (χ2v) is 7.37. The molecule has 0 heterocycles. The Kier molecular flexibility index (Phi) is 5.08. The Morgan fingerprint density at radius 2 is 1.26 bits per heavy atom. The van der Waals surface area contributed by atoms with Gasteiger partial charge in [0.1, 0.15) is 0 Å². The average molecular weight is 392 g/mol. The standard InChI is InChI=1S/C19H14.CHF3O3S/c1-2-7-14(8-3-1)16-11-6-12-18-17-10-5-4-9-15(17)13-19(16)18;2-1(3,4)8(5,6)7/h1-12H,13H2;(H,5,6,7). The number of alkyl halides is 3. The molecule has 0 unspecified atom stereocenters. The monoisotopic (exact) mass is 392 g/mol. The first-order valence-electron chi connectivity index (χ1n) is 7.98. The Bertz CT molecular complexity index is 1060. The van der Waals surface area contributed by atoms with Crippen LogP contribution in [0.5, 0.6) is 0 Å². The molecule has 0 bridgehead atoms. The van der Waals surface area contributed by atoms with Gasteiger partial charge in [-0.05, 0) is 39.8 Å². The molecule has 27 heavy (non-hydrogen) atoms. The topological polar surface area (TPSA) is 54.4 Å². The molecule has 4 rings (SSSR count). The zero-order chi connectivity index (χ0) is 19.7. The lowest BCUT2D eigenvalue weighted by Crippen LogP contribution is -2.21. The largest absolute Gasteiger partial charge is 0.522 e. The van der Waals surface area contributed by atoms with Gasteiger partial charge in [0.2, 0.25) is 0 Å². The lowest BCUT2D eigenvalue weighted by Gasteiger charge is -2.08. The van der Waals surface area contributed by atoms with Gasteiger partial charge < -0.3 is 0 Å². The third-order valence-electron chi connectivity index (χ3n) is 4.23. The Balaban J connectivity index is 0.000000226. The summed E-state index contributed by atoms with van der Waals surface area (Å²) in [6.07, 6.45) is 1.05. The molecule has 0 amide bonds. The maximum absolute atomic E-state index is 10.7. The Hall–Kier alpha value is -2.64. The van der Waals surface area contributed by atoms with Crippen LogP contribution in [-0.2, 0) is 16.5 Å². The van der Waals surface area contributed by atoms with Crippen LogP contribution < -0.4 is 0 Å². The van der Waals surface area contributed by atoms with Crippen molar-refractivity contribution in [2.75, 3.05) is 0 Å². The molecular formula is C20H15F3O3S. The molecule has 0 atom stereocenters. The maximum atomic E-state index is 10.7. The number of hydrogen-bond acceptors (Lipinski definition) is 2. The summed E-state index contributed by atoms with van der Waals surface area (Å²) in [5.74, 6) is 0. The maximum Gasteiger partial charge on any atom is 0.522 e. The van der Waals surface area contributed by atoms with Crippen molar-refractivity contribution in [3.05, 3.63) is 83.9 Å². The molecule has 140 valence electrons. The van der Waals surface area contributed by atoms with Crippen LogP contribution in [-0.4, -0.2) is 18.5 Å². The highest BCUT2D eigenvalue weighted by Gasteiger charge is 2.44. The van der Waals surface area contributed by atoms with Crippen molar-refractivity contribution in [2.45, 2.75) is 11.9 Å². The Labute approximate surface area is 154 Å². The second-order valence-electron chi connectivity index (χ2n) is 5.95. The summed E-state index contributed by atoms with van der Waals surface area (Å²) >= 11 is 0. The fourth-order valence-electron chi connectivity index (χ4n) is 3.05. The smallest absolute Gasteiger partial charge is 0.279 e. The lowest BCUT2D eigenvalue weighted by atomic mass is 9.96. The highest BCUT2D eigenvalue weighted by atomic mass is 32.2. The van der Waals surface area contributed by atoms with Crippen molar-refractivity contribution < 1.29 is 26.1 Å². The van der Waals surface area contributed by atoms with Crippen molar-refractivity contribution in [1.82, 2.24) is 0 Å². The van der Waals surface area contributed by atoms with Crippen molar-refractivity contribution in [3.63, 3.8) is 0 Å². The zero-order valence-corrected chi connectivity index (χ0v) is 14.8. The van der Waals surface area contributed by atoms with Gasteiger partial charge in [-0.25, -0.2) is 0 Å². The summed E-state index contributed by atoms with van der Waals surface area (Å²) in [7, 11) is -5.84. The van der Waals surface area contributed by atoms with Crippen molar-refractivity contribution in [3.8, 4) is 22.3 Å². The summed E-state index contributed by atoms with van der Waals surface area (Å²) in [6, 6.07) is 26.1. The number of halogens is 3. The van der Waals surface area contributed by atoms with Gasteiger partial charge in [0.15, 0.2) is 0 Å². The molecule has 1 aliphatic carbocycles. The fraction of sp³-hybridized carbons (Fsp3) is 0.100. The molecule has 0 fully saturated rings. The van der Waals surface area contributed by atoms with Crippen LogP contribution in [0.3, 0.4) is 0 Å². The number of fused-ring (bicyclic) bond motifs is 3. The highest BCUT2D eigenvalue weighted by molar-refractivity contribution is 7.86.